The maximum Gasteiger partial charge on any atom is -0.0260 e. The Balaban J connectivity index is 1.65. The van der Waals surface area contributed by atoms with Crippen molar-refractivity contribution in [2.24, 2.45) is 0 Å². The normalized spacial score (nSPS) is 11.4. The van der Waals surface area contributed by atoms with Crippen molar-refractivity contribution in [2.75, 3.05) is 0 Å². The summed E-state index contributed by atoms with van der Waals surface area (Å²) in [7, 11) is 0. The summed E-state index contributed by atoms with van der Waals surface area (Å²) in [5.41, 5.74) is 2.56. The summed E-state index contributed by atoms with van der Waals surface area (Å²) < 4.78 is 0. The first-order valence-corrected chi connectivity index (χ1v) is 6.88. The summed E-state index contributed by atoms with van der Waals surface area (Å²) in [6, 6.07) is 20.9. The van der Waals surface area contributed by atoms with Crippen LogP contribution in [0.5, 0.6) is 0 Å². The highest BCUT2D eigenvalue weighted by Gasteiger charge is 1.85. The highest BCUT2D eigenvalue weighted by Crippen LogP contribution is 2.06. The number of unbranched alkanes of at least 4 members (excludes halogenated alkanes) is 2. The first kappa shape index (κ1) is 13.4. The minimum absolute atomic E-state index is 1.13. The van der Waals surface area contributed by atoms with Gasteiger partial charge in [0.25, 0.3) is 0 Å². The molecule has 0 aliphatic carbocycles. The summed E-state index contributed by atoms with van der Waals surface area (Å²) in [5.74, 6) is 0. The molecule has 0 N–H and O–H groups in total. The van der Waals surface area contributed by atoms with Gasteiger partial charge in [0.1, 0.15) is 0 Å². The molecule has 0 heteroatoms. The lowest BCUT2D eigenvalue weighted by Gasteiger charge is -1.93. The van der Waals surface area contributed by atoms with Crippen LogP contribution in [-0.2, 0) is 0 Å². The molecule has 0 atom stereocenters. The second-order valence-corrected chi connectivity index (χ2v) is 4.56. The first-order valence-electron chi connectivity index (χ1n) is 6.88. The van der Waals surface area contributed by atoms with E-state index in [0.717, 1.165) is 12.8 Å². The van der Waals surface area contributed by atoms with Crippen LogP contribution in [0.4, 0.5) is 0 Å². The van der Waals surface area contributed by atoms with Crippen molar-refractivity contribution in [3.63, 3.8) is 0 Å². The van der Waals surface area contributed by atoms with Gasteiger partial charge < -0.3 is 0 Å². The van der Waals surface area contributed by atoms with Gasteiger partial charge in [0.15, 0.2) is 0 Å². The van der Waals surface area contributed by atoms with Crippen LogP contribution < -0.4 is 0 Å². The fraction of sp³-hybridized carbons (Fsp3) is 0.158. The lowest BCUT2D eigenvalue weighted by Crippen LogP contribution is -1.72. The average molecular weight is 248 g/mol. The van der Waals surface area contributed by atoms with Gasteiger partial charge in [0.05, 0.1) is 0 Å². The van der Waals surface area contributed by atoms with Gasteiger partial charge >= 0.3 is 0 Å². The number of allylic oxidation sites excluding steroid dienone is 2. The Morgan fingerprint density at radius 2 is 1.00 bits per heavy atom. The van der Waals surface area contributed by atoms with Crippen molar-refractivity contribution in [1.29, 1.82) is 0 Å². The van der Waals surface area contributed by atoms with Crippen molar-refractivity contribution in [1.82, 2.24) is 0 Å². The number of hydrogen-bond donors (Lipinski definition) is 0. The second kappa shape index (κ2) is 8.10. The van der Waals surface area contributed by atoms with E-state index in [1.807, 2.05) is 12.1 Å². The molecule has 19 heavy (non-hydrogen) atoms. The quantitative estimate of drug-likeness (QED) is 0.585. The molecule has 2 aromatic rings. The van der Waals surface area contributed by atoms with E-state index in [0.29, 0.717) is 0 Å². The fourth-order valence-electron chi connectivity index (χ4n) is 1.92. The third kappa shape index (κ3) is 5.39. The van der Waals surface area contributed by atoms with Crippen LogP contribution in [0.2, 0.25) is 0 Å². The molecule has 0 nitrogen and oxygen atoms in total. The van der Waals surface area contributed by atoms with Crippen LogP contribution in [0.25, 0.3) is 12.2 Å². The maximum atomic E-state index is 2.26. The molecule has 0 radical (unpaired) electrons. The molecule has 0 unspecified atom stereocenters. The third-order valence-electron chi connectivity index (χ3n) is 2.96. The van der Waals surface area contributed by atoms with Crippen LogP contribution in [0.3, 0.4) is 0 Å². The Bertz CT molecular complexity index is 457. The smallest absolute Gasteiger partial charge is 0.0260 e. The summed E-state index contributed by atoms with van der Waals surface area (Å²) in [6.07, 6.45) is 12.4. The zero-order valence-electron chi connectivity index (χ0n) is 11.2. The molecule has 0 amide bonds. The molecule has 0 heterocycles. The predicted molar refractivity (Wildman–Crippen MR) is 84.8 cm³/mol. The molecule has 0 bridgehead atoms. The zero-order chi connectivity index (χ0) is 13.2. The standard InChI is InChI=1S/C19H20/c1(2-6-12-18-14-8-4-9-15-18)3-7-13-19-16-10-5-11-17-19/h4-17H,1-3H2. The second-order valence-electron chi connectivity index (χ2n) is 4.56. The van der Waals surface area contributed by atoms with Gasteiger partial charge in [0, 0.05) is 0 Å². The van der Waals surface area contributed by atoms with Gasteiger partial charge in [0.2, 0.25) is 0 Å². The van der Waals surface area contributed by atoms with E-state index >= 15 is 0 Å². The molecule has 96 valence electrons. The molecule has 0 aromatic heterocycles. The molecule has 0 fully saturated rings. The highest BCUT2D eigenvalue weighted by atomic mass is 13.9. The van der Waals surface area contributed by atoms with E-state index in [-0.39, 0.29) is 0 Å². The predicted octanol–water partition coefficient (Wildman–Crippen LogP) is 5.58. The lowest BCUT2D eigenvalue weighted by atomic mass is 10.1. The van der Waals surface area contributed by atoms with Crippen LogP contribution >= 0.6 is 0 Å². The molecular formula is C19H20. The summed E-state index contributed by atoms with van der Waals surface area (Å²) in [5, 5.41) is 0. The SMILES string of the molecule is C(=Cc1ccccc1)CCCC=Cc1ccccc1. The molecule has 0 aliphatic heterocycles. The Morgan fingerprint density at radius 1 is 0.579 bits per heavy atom. The van der Waals surface area contributed by atoms with Crippen LogP contribution in [0.15, 0.2) is 72.8 Å². The molecule has 2 rings (SSSR count). The van der Waals surface area contributed by atoms with E-state index < -0.39 is 0 Å². The Labute approximate surface area is 116 Å². The Hall–Kier alpha value is -2.08. The van der Waals surface area contributed by atoms with E-state index in [1.165, 1.54) is 17.5 Å². The highest BCUT2D eigenvalue weighted by molar-refractivity contribution is 5.49. The van der Waals surface area contributed by atoms with Crippen LogP contribution in [0.1, 0.15) is 30.4 Å². The topological polar surface area (TPSA) is 0 Å². The molecule has 0 spiro atoms. The van der Waals surface area contributed by atoms with Crippen molar-refractivity contribution >= 4 is 12.2 Å². The van der Waals surface area contributed by atoms with Gasteiger partial charge in [-0.25, -0.2) is 0 Å². The Morgan fingerprint density at radius 3 is 1.42 bits per heavy atom. The van der Waals surface area contributed by atoms with Gasteiger partial charge in [-0.1, -0.05) is 85.0 Å². The molecular weight excluding hydrogens is 228 g/mol. The van der Waals surface area contributed by atoms with Crippen LogP contribution in [0, 0.1) is 0 Å². The summed E-state index contributed by atoms with van der Waals surface area (Å²) in [4.78, 5) is 0. The van der Waals surface area contributed by atoms with Gasteiger partial charge in [-0.05, 0) is 30.4 Å². The number of benzene rings is 2. The van der Waals surface area contributed by atoms with Crippen molar-refractivity contribution < 1.29 is 0 Å². The van der Waals surface area contributed by atoms with Crippen molar-refractivity contribution in [3.05, 3.63) is 83.9 Å². The fourth-order valence-corrected chi connectivity index (χ4v) is 1.92. The van der Waals surface area contributed by atoms with E-state index in [2.05, 4.69) is 72.8 Å². The van der Waals surface area contributed by atoms with Crippen LogP contribution in [-0.4, -0.2) is 0 Å². The molecule has 0 saturated carbocycles. The zero-order valence-corrected chi connectivity index (χ0v) is 11.2. The van der Waals surface area contributed by atoms with Gasteiger partial charge in [-0.15, -0.1) is 0 Å². The summed E-state index contributed by atoms with van der Waals surface area (Å²) in [6.45, 7) is 0. The maximum absolute atomic E-state index is 2.26. The van der Waals surface area contributed by atoms with Gasteiger partial charge in [-0.3, -0.25) is 0 Å². The number of hydrogen-bond acceptors (Lipinski definition) is 0. The largest absolute Gasteiger partial charge is 0.0839 e. The van der Waals surface area contributed by atoms with Crippen molar-refractivity contribution in [3.8, 4) is 0 Å². The average Bonchev–Trinajstić information content (AvgIpc) is 2.48. The summed E-state index contributed by atoms with van der Waals surface area (Å²) >= 11 is 0. The minimum Gasteiger partial charge on any atom is -0.0839 e. The minimum atomic E-state index is 1.13. The molecule has 0 aliphatic rings. The van der Waals surface area contributed by atoms with E-state index in [4.69, 9.17) is 0 Å². The first-order chi connectivity index (χ1) is 9.45. The van der Waals surface area contributed by atoms with Crippen molar-refractivity contribution in [2.45, 2.75) is 19.3 Å². The monoisotopic (exact) mass is 248 g/mol. The van der Waals surface area contributed by atoms with E-state index in [1.54, 1.807) is 0 Å². The lowest BCUT2D eigenvalue weighted by molar-refractivity contribution is 0.873. The third-order valence-corrected chi connectivity index (χ3v) is 2.96. The Kier molecular flexibility index (Phi) is 5.69. The number of rotatable bonds is 6. The molecule has 0 saturated heterocycles. The molecule has 2 aromatic carbocycles. The van der Waals surface area contributed by atoms with Gasteiger partial charge in [-0.2, -0.15) is 0 Å². The van der Waals surface area contributed by atoms with E-state index in [9.17, 15) is 0 Å².